The first-order valence-corrected chi connectivity index (χ1v) is 10.9. The molecule has 34 heavy (non-hydrogen) atoms. The van der Waals surface area contributed by atoms with Gasteiger partial charge in [0.1, 0.15) is 24.8 Å². The molecule has 0 aliphatic heterocycles. The van der Waals surface area contributed by atoms with E-state index in [0.29, 0.717) is 27.6 Å². The van der Waals surface area contributed by atoms with Crippen LogP contribution in [0.3, 0.4) is 0 Å². The number of nitrogens with one attached hydrogen (secondary N) is 2. The minimum absolute atomic E-state index is 0.000835. The van der Waals surface area contributed by atoms with E-state index in [9.17, 15) is 19.1 Å². The number of rotatable bonds is 10. The number of ether oxygens (including phenoxy) is 2. The number of para-hydroxylation sites is 1. The average molecular weight is 487 g/mol. The van der Waals surface area contributed by atoms with Crippen LogP contribution >= 0.6 is 11.6 Å². The summed E-state index contributed by atoms with van der Waals surface area (Å²) in [5.74, 6) is -0.139. The lowest BCUT2D eigenvalue weighted by Crippen LogP contribution is -2.41. The van der Waals surface area contributed by atoms with Gasteiger partial charge in [-0.15, -0.1) is 0 Å². The summed E-state index contributed by atoms with van der Waals surface area (Å²) in [5, 5.41) is 15.2. The van der Waals surface area contributed by atoms with E-state index in [2.05, 4.69) is 10.6 Å². The van der Waals surface area contributed by atoms with E-state index in [-0.39, 0.29) is 38.0 Å². The van der Waals surface area contributed by atoms with Crippen LogP contribution < -0.4 is 15.4 Å². The Kier molecular flexibility index (Phi) is 9.25. The Hall–Kier alpha value is -3.62. The molecule has 3 aromatic carbocycles. The van der Waals surface area contributed by atoms with Gasteiger partial charge in [0.05, 0.1) is 24.1 Å². The van der Waals surface area contributed by atoms with Crippen molar-refractivity contribution in [1.82, 2.24) is 5.32 Å². The lowest BCUT2D eigenvalue weighted by atomic mass is 10.1. The number of benzene rings is 3. The summed E-state index contributed by atoms with van der Waals surface area (Å²) in [6.45, 7) is -0.327. The molecule has 0 radical (unpaired) electrons. The number of halogens is 2. The third-order valence-electron chi connectivity index (χ3n) is 4.70. The molecule has 0 unspecified atom stereocenters. The zero-order valence-electron chi connectivity index (χ0n) is 18.2. The second-order valence-electron chi connectivity index (χ2n) is 7.39. The van der Waals surface area contributed by atoms with Gasteiger partial charge in [0.15, 0.2) is 0 Å². The minimum atomic E-state index is -0.710. The number of carbonyl (C=O) groups is 2. The highest BCUT2D eigenvalue weighted by Crippen LogP contribution is 2.23. The van der Waals surface area contributed by atoms with Crippen molar-refractivity contribution in [2.24, 2.45) is 0 Å². The molecule has 0 aliphatic carbocycles. The van der Waals surface area contributed by atoms with E-state index >= 15 is 0 Å². The molecular formula is C25H24ClFN2O5. The number of aliphatic hydroxyl groups excluding tert-OH is 1. The fraction of sp³-hybridized carbons (Fsp3) is 0.200. The summed E-state index contributed by atoms with van der Waals surface area (Å²) in [6.07, 6.45) is -0.587. The zero-order chi connectivity index (χ0) is 24.3. The van der Waals surface area contributed by atoms with Crippen LogP contribution in [0.2, 0.25) is 5.02 Å². The van der Waals surface area contributed by atoms with Gasteiger partial charge in [-0.1, -0.05) is 48.0 Å². The second-order valence-corrected chi connectivity index (χ2v) is 7.80. The number of carbonyl (C=O) groups excluding carboxylic acids is 2. The van der Waals surface area contributed by atoms with Gasteiger partial charge in [-0.05, 0) is 47.5 Å². The van der Waals surface area contributed by atoms with Crippen molar-refractivity contribution < 1.29 is 28.6 Å². The molecule has 0 saturated carbocycles. The predicted molar refractivity (Wildman–Crippen MR) is 126 cm³/mol. The van der Waals surface area contributed by atoms with Crippen molar-refractivity contribution in [3.63, 3.8) is 0 Å². The number of hydrogen-bond acceptors (Lipinski definition) is 5. The predicted octanol–water partition coefficient (Wildman–Crippen LogP) is 4.33. The first-order valence-electron chi connectivity index (χ1n) is 10.5. The van der Waals surface area contributed by atoms with E-state index in [4.69, 9.17) is 21.1 Å². The van der Waals surface area contributed by atoms with E-state index in [1.54, 1.807) is 60.7 Å². The summed E-state index contributed by atoms with van der Waals surface area (Å²) >= 11 is 6.02. The molecule has 0 aromatic heterocycles. The van der Waals surface area contributed by atoms with Gasteiger partial charge in [0, 0.05) is 5.69 Å². The van der Waals surface area contributed by atoms with Crippen molar-refractivity contribution in [1.29, 1.82) is 0 Å². The van der Waals surface area contributed by atoms with Crippen LogP contribution in [0.1, 0.15) is 11.1 Å². The SMILES string of the molecule is O=C(Cc1ccc(F)cc1)Nc1ccc(COC(=O)N[C@@H](CO)COc2ccccc2Cl)cc1. The van der Waals surface area contributed by atoms with Gasteiger partial charge in [-0.2, -0.15) is 0 Å². The Morgan fingerprint density at radius 3 is 2.32 bits per heavy atom. The Labute approximate surface area is 201 Å². The van der Waals surface area contributed by atoms with Crippen LogP contribution in [0.4, 0.5) is 14.9 Å². The molecule has 0 aliphatic rings. The van der Waals surface area contributed by atoms with Crippen LogP contribution in [0, 0.1) is 5.82 Å². The lowest BCUT2D eigenvalue weighted by molar-refractivity contribution is -0.115. The van der Waals surface area contributed by atoms with Gasteiger partial charge in [0.25, 0.3) is 0 Å². The van der Waals surface area contributed by atoms with Crippen molar-refractivity contribution in [2.75, 3.05) is 18.5 Å². The molecule has 0 fully saturated rings. The number of alkyl carbamates (subject to hydrolysis) is 1. The van der Waals surface area contributed by atoms with Crippen molar-refractivity contribution in [3.05, 3.63) is 94.8 Å². The summed E-state index contributed by atoms with van der Waals surface area (Å²) in [7, 11) is 0. The third kappa shape index (κ3) is 8.06. The molecule has 3 rings (SSSR count). The molecule has 3 N–H and O–H groups in total. The van der Waals surface area contributed by atoms with Crippen LogP contribution in [0.25, 0.3) is 0 Å². The Morgan fingerprint density at radius 1 is 0.971 bits per heavy atom. The summed E-state index contributed by atoms with van der Waals surface area (Å²) < 4.78 is 23.7. The molecule has 178 valence electrons. The zero-order valence-corrected chi connectivity index (χ0v) is 18.9. The number of hydrogen-bond donors (Lipinski definition) is 3. The minimum Gasteiger partial charge on any atom is -0.490 e. The van der Waals surface area contributed by atoms with E-state index in [1.165, 1.54) is 12.1 Å². The molecule has 0 saturated heterocycles. The van der Waals surface area contributed by atoms with Gasteiger partial charge in [-0.25, -0.2) is 9.18 Å². The number of aliphatic hydroxyl groups is 1. The molecule has 0 bridgehead atoms. The molecule has 3 aromatic rings. The molecular weight excluding hydrogens is 463 g/mol. The maximum Gasteiger partial charge on any atom is 0.407 e. The molecule has 9 heteroatoms. The van der Waals surface area contributed by atoms with Crippen LogP contribution in [-0.2, 0) is 22.6 Å². The summed E-state index contributed by atoms with van der Waals surface area (Å²) in [4.78, 5) is 24.2. The van der Waals surface area contributed by atoms with E-state index in [1.807, 2.05) is 0 Å². The molecule has 0 spiro atoms. The number of amides is 2. The Balaban J connectivity index is 1.41. The Bertz CT molecular complexity index is 1090. The highest BCUT2D eigenvalue weighted by molar-refractivity contribution is 6.32. The monoisotopic (exact) mass is 486 g/mol. The van der Waals surface area contributed by atoms with E-state index in [0.717, 1.165) is 0 Å². The fourth-order valence-electron chi connectivity index (χ4n) is 2.93. The van der Waals surface area contributed by atoms with Gasteiger partial charge in [0.2, 0.25) is 5.91 Å². The van der Waals surface area contributed by atoms with Crippen molar-refractivity contribution >= 4 is 29.3 Å². The third-order valence-corrected chi connectivity index (χ3v) is 5.02. The number of anilines is 1. The van der Waals surface area contributed by atoms with Crippen LogP contribution in [-0.4, -0.2) is 36.4 Å². The highest BCUT2D eigenvalue weighted by atomic mass is 35.5. The average Bonchev–Trinajstić information content (AvgIpc) is 2.83. The largest absolute Gasteiger partial charge is 0.490 e. The summed E-state index contributed by atoms with van der Waals surface area (Å²) in [6, 6.07) is 18.7. The van der Waals surface area contributed by atoms with Gasteiger partial charge >= 0.3 is 6.09 Å². The molecule has 7 nitrogen and oxygen atoms in total. The lowest BCUT2D eigenvalue weighted by Gasteiger charge is -2.17. The van der Waals surface area contributed by atoms with Gasteiger partial charge < -0.3 is 25.2 Å². The molecule has 1 atom stereocenters. The van der Waals surface area contributed by atoms with Gasteiger partial charge in [-0.3, -0.25) is 4.79 Å². The molecule has 2 amide bonds. The normalized spacial score (nSPS) is 11.4. The summed E-state index contributed by atoms with van der Waals surface area (Å²) in [5.41, 5.74) is 1.99. The van der Waals surface area contributed by atoms with Crippen molar-refractivity contribution in [3.8, 4) is 5.75 Å². The molecule has 0 heterocycles. The highest BCUT2D eigenvalue weighted by Gasteiger charge is 2.14. The van der Waals surface area contributed by atoms with Crippen molar-refractivity contribution in [2.45, 2.75) is 19.1 Å². The topological polar surface area (TPSA) is 96.9 Å². The second kappa shape index (κ2) is 12.6. The smallest absolute Gasteiger partial charge is 0.407 e. The first kappa shape index (κ1) is 25.0. The standard InChI is InChI=1S/C25H24ClFN2O5/c26-22-3-1-2-4-23(22)33-16-21(14-30)29-25(32)34-15-18-7-11-20(12-8-18)28-24(31)13-17-5-9-19(27)10-6-17/h1-12,21,30H,13-16H2,(H,28,31)(H,29,32)/t21-/m0/s1. The fourth-order valence-corrected chi connectivity index (χ4v) is 3.12. The van der Waals surface area contributed by atoms with Crippen LogP contribution in [0.5, 0.6) is 5.75 Å². The Morgan fingerprint density at radius 2 is 1.65 bits per heavy atom. The maximum atomic E-state index is 13.0. The van der Waals surface area contributed by atoms with E-state index < -0.39 is 12.1 Å². The first-order chi connectivity index (χ1) is 16.4. The maximum absolute atomic E-state index is 13.0. The van der Waals surface area contributed by atoms with Crippen LogP contribution in [0.15, 0.2) is 72.8 Å². The quantitative estimate of drug-likeness (QED) is 0.396.